The Kier molecular flexibility index (Phi) is 2.92. The van der Waals surface area contributed by atoms with Crippen molar-refractivity contribution in [2.45, 2.75) is 32.5 Å². The van der Waals surface area contributed by atoms with Crippen LogP contribution >= 0.6 is 0 Å². The number of hydrogen-bond donors (Lipinski definition) is 2. The van der Waals surface area contributed by atoms with Gasteiger partial charge in [0, 0.05) is 12.1 Å². The lowest BCUT2D eigenvalue weighted by atomic mass is 10.0. The van der Waals surface area contributed by atoms with E-state index in [4.69, 9.17) is 0 Å². The number of nitrogens with zero attached hydrogens (tertiary/aromatic N) is 1. The van der Waals surface area contributed by atoms with Crippen LogP contribution in [0.3, 0.4) is 0 Å². The zero-order valence-corrected chi connectivity index (χ0v) is 9.85. The van der Waals surface area contributed by atoms with Crippen molar-refractivity contribution < 1.29 is 13.2 Å². The van der Waals surface area contributed by atoms with Gasteiger partial charge in [0.15, 0.2) is 0 Å². The summed E-state index contributed by atoms with van der Waals surface area (Å²) in [6, 6.07) is -0.00668. The summed E-state index contributed by atoms with van der Waals surface area (Å²) in [5, 5.41) is 3.63. The van der Waals surface area contributed by atoms with Crippen molar-refractivity contribution in [1.29, 1.82) is 0 Å². The zero-order valence-electron chi connectivity index (χ0n) is 9.85. The first-order valence-electron chi connectivity index (χ1n) is 5.38. The van der Waals surface area contributed by atoms with Crippen LogP contribution in [0, 0.1) is 13.8 Å². The molecule has 1 aliphatic heterocycles. The lowest BCUT2D eigenvalue weighted by Crippen LogP contribution is -2.36. The normalized spacial score (nSPS) is 19.6. The Balaban J connectivity index is 2.34. The molecule has 0 amide bonds. The molecule has 2 heterocycles. The van der Waals surface area contributed by atoms with E-state index in [0.717, 1.165) is 0 Å². The summed E-state index contributed by atoms with van der Waals surface area (Å²) in [6.07, 6.45) is -4.69. The molecule has 0 saturated heterocycles. The number of aromatic nitrogens is 1. The zero-order chi connectivity index (χ0) is 13.5. The number of alkyl halides is 3. The van der Waals surface area contributed by atoms with Gasteiger partial charge in [0.1, 0.15) is 6.04 Å². The van der Waals surface area contributed by atoms with Gasteiger partial charge in [0.2, 0.25) is 0 Å². The van der Waals surface area contributed by atoms with Crippen LogP contribution in [0.2, 0.25) is 0 Å². The number of rotatable bonds is 1. The summed E-state index contributed by atoms with van der Waals surface area (Å²) in [6.45, 7) is 3.40. The number of H-pyrrole nitrogens is 1. The first-order valence-corrected chi connectivity index (χ1v) is 5.38. The highest BCUT2D eigenvalue weighted by atomic mass is 19.4. The van der Waals surface area contributed by atoms with Gasteiger partial charge < -0.3 is 4.98 Å². The van der Waals surface area contributed by atoms with Crippen LogP contribution in [-0.4, -0.2) is 22.9 Å². The lowest BCUT2D eigenvalue weighted by molar-refractivity contribution is -0.151. The minimum absolute atomic E-state index is 0.149. The van der Waals surface area contributed by atoms with Crippen molar-refractivity contribution in [1.82, 2.24) is 10.4 Å². The number of pyridine rings is 1. The van der Waals surface area contributed by atoms with E-state index in [1.54, 1.807) is 19.9 Å². The number of aryl methyl sites for hydroxylation is 2. The minimum Gasteiger partial charge on any atom is -0.326 e. The van der Waals surface area contributed by atoms with Gasteiger partial charge in [0.25, 0.3) is 5.56 Å². The number of nitrogens with one attached hydrogen (secondary N) is 2. The average Bonchev–Trinajstić information content (AvgIpc) is 2.64. The van der Waals surface area contributed by atoms with Gasteiger partial charge in [-0.05, 0) is 25.5 Å². The van der Waals surface area contributed by atoms with Crippen LogP contribution in [0.4, 0.5) is 13.2 Å². The quantitative estimate of drug-likeness (QED) is 0.805. The summed E-state index contributed by atoms with van der Waals surface area (Å²) in [5.74, 6) is 0. The van der Waals surface area contributed by atoms with E-state index in [2.05, 4.69) is 10.1 Å². The Morgan fingerprint density at radius 3 is 2.56 bits per heavy atom. The van der Waals surface area contributed by atoms with Crippen LogP contribution in [0.25, 0.3) is 0 Å². The van der Waals surface area contributed by atoms with Gasteiger partial charge in [-0.3, -0.25) is 10.2 Å². The molecule has 4 nitrogen and oxygen atoms in total. The van der Waals surface area contributed by atoms with Gasteiger partial charge >= 0.3 is 6.18 Å². The number of hydrogen-bond acceptors (Lipinski definition) is 3. The molecule has 0 unspecified atom stereocenters. The summed E-state index contributed by atoms with van der Waals surface area (Å²) < 4.78 is 37.5. The third-order valence-electron chi connectivity index (χ3n) is 2.80. The van der Waals surface area contributed by atoms with E-state index in [0.29, 0.717) is 11.3 Å². The van der Waals surface area contributed by atoms with E-state index in [1.165, 1.54) is 0 Å². The number of halogens is 3. The minimum atomic E-state index is -4.36. The van der Waals surface area contributed by atoms with E-state index in [9.17, 15) is 18.0 Å². The van der Waals surface area contributed by atoms with Crippen molar-refractivity contribution >= 4 is 5.71 Å². The van der Waals surface area contributed by atoms with Crippen molar-refractivity contribution in [3.63, 3.8) is 0 Å². The highest BCUT2D eigenvalue weighted by Crippen LogP contribution is 2.26. The van der Waals surface area contributed by atoms with E-state index in [1.807, 2.05) is 5.43 Å². The molecule has 0 aromatic carbocycles. The third kappa shape index (κ3) is 2.25. The third-order valence-corrected chi connectivity index (χ3v) is 2.80. The van der Waals surface area contributed by atoms with Crippen LogP contribution < -0.4 is 11.0 Å². The van der Waals surface area contributed by atoms with Gasteiger partial charge in [-0.1, -0.05) is 0 Å². The second-order valence-corrected chi connectivity index (χ2v) is 4.33. The predicted molar refractivity (Wildman–Crippen MR) is 60.7 cm³/mol. The fraction of sp³-hybridized carbons (Fsp3) is 0.455. The molecule has 2 N–H and O–H groups in total. The van der Waals surface area contributed by atoms with Crippen LogP contribution in [0.5, 0.6) is 0 Å². The summed E-state index contributed by atoms with van der Waals surface area (Å²) >= 11 is 0. The van der Waals surface area contributed by atoms with Gasteiger partial charge in [-0.25, -0.2) is 0 Å². The fourth-order valence-corrected chi connectivity index (χ4v) is 2.00. The maximum Gasteiger partial charge on any atom is 0.410 e. The number of aromatic amines is 1. The molecule has 0 radical (unpaired) electrons. The summed E-state index contributed by atoms with van der Waals surface area (Å²) in [5.41, 5.74) is 3.28. The van der Waals surface area contributed by atoms with E-state index >= 15 is 0 Å². The molecule has 1 aromatic rings. The van der Waals surface area contributed by atoms with Crippen LogP contribution in [0.15, 0.2) is 16.0 Å². The molecule has 1 aromatic heterocycles. The fourth-order valence-electron chi connectivity index (χ4n) is 2.00. The molecule has 0 aliphatic carbocycles. The Hall–Kier alpha value is -1.79. The second kappa shape index (κ2) is 4.15. The van der Waals surface area contributed by atoms with Crippen molar-refractivity contribution in [3.8, 4) is 0 Å². The van der Waals surface area contributed by atoms with Crippen molar-refractivity contribution in [3.05, 3.63) is 33.2 Å². The highest BCUT2D eigenvalue weighted by Gasteiger charge is 2.43. The molecule has 7 heteroatoms. The van der Waals surface area contributed by atoms with Crippen LogP contribution in [-0.2, 0) is 0 Å². The molecule has 0 spiro atoms. The molecular weight excluding hydrogens is 247 g/mol. The van der Waals surface area contributed by atoms with Crippen LogP contribution in [0.1, 0.15) is 23.2 Å². The molecule has 0 bridgehead atoms. The van der Waals surface area contributed by atoms with Gasteiger partial charge in [0.05, 0.1) is 11.3 Å². The SMILES string of the molecule is Cc1cc(C)c(C2=NN[C@@H](C(F)(F)F)C2)c(=O)[nH]1. The highest BCUT2D eigenvalue weighted by molar-refractivity contribution is 6.02. The second-order valence-electron chi connectivity index (χ2n) is 4.33. The smallest absolute Gasteiger partial charge is 0.326 e. The van der Waals surface area contributed by atoms with Gasteiger partial charge in [-0.15, -0.1) is 0 Å². The molecular formula is C11H12F3N3O. The maximum absolute atomic E-state index is 12.5. The Morgan fingerprint density at radius 2 is 2.06 bits per heavy atom. The number of hydrazone groups is 1. The van der Waals surface area contributed by atoms with Gasteiger partial charge in [-0.2, -0.15) is 18.3 Å². The Morgan fingerprint density at radius 1 is 1.39 bits per heavy atom. The topological polar surface area (TPSA) is 57.2 Å². The largest absolute Gasteiger partial charge is 0.410 e. The summed E-state index contributed by atoms with van der Waals surface area (Å²) in [7, 11) is 0. The maximum atomic E-state index is 12.5. The predicted octanol–water partition coefficient (Wildman–Crippen LogP) is 1.62. The Bertz CT molecular complexity index is 560. The molecule has 1 atom stereocenters. The molecule has 18 heavy (non-hydrogen) atoms. The summed E-state index contributed by atoms with van der Waals surface area (Å²) in [4.78, 5) is 14.3. The molecule has 2 rings (SSSR count). The molecule has 0 fully saturated rings. The first-order chi connectivity index (χ1) is 8.29. The Labute approximate surface area is 101 Å². The lowest BCUT2D eigenvalue weighted by Gasteiger charge is -2.13. The molecule has 98 valence electrons. The average molecular weight is 259 g/mol. The van der Waals surface area contributed by atoms with E-state index < -0.39 is 17.8 Å². The standard InChI is InChI=1S/C11H12F3N3O/c1-5-3-6(2)15-10(18)9(5)7-4-8(17-16-7)11(12,13)14/h3,8,17H,4H2,1-2H3,(H,15,18)/t8-/m1/s1. The molecule has 1 aliphatic rings. The van der Waals surface area contributed by atoms with Crippen molar-refractivity contribution in [2.75, 3.05) is 0 Å². The molecule has 0 saturated carbocycles. The van der Waals surface area contributed by atoms with Crippen molar-refractivity contribution in [2.24, 2.45) is 5.10 Å². The monoisotopic (exact) mass is 259 g/mol. The van der Waals surface area contributed by atoms with E-state index in [-0.39, 0.29) is 17.7 Å². The first kappa shape index (κ1) is 12.7.